The summed E-state index contributed by atoms with van der Waals surface area (Å²) in [6.07, 6.45) is 9.71. The Hall–Kier alpha value is -3.41. The van der Waals surface area contributed by atoms with Crippen LogP contribution in [-0.4, -0.2) is 62.0 Å². The average molecular weight is 592 g/mol. The molecule has 2 aromatic heterocycles. The maximum atomic E-state index is 13.5. The van der Waals surface area contributed by atoms with Gasteiger partial charge in [-0.15, -0.1) is 0 Å². The van der Waals surface area contributed by atoms with Crippen LogP contribution in [0.1, 0.15) is 17.5 Å². The van der Waals surface area contributed by atoms with Crippen molar-refractivity contribution in [2.24, 2.45) is 7.05 Å². The highest BCUT2D eigenvalue weighted by Crippen LogP contribution is 2.44. The number of nitrogens with zero attached hydrogens (tertiary/aromatic N) is 4. The zero-order chi connectivity index (χ0) is 29.1. The minimum atomic E-state index is -3.33. The number of fused-ring (bicyclic) bond motifs is 3. The van der Waals surface area contributed by atoms with E-state index in [9.17, 15) is 13.2 Å². The second-order valence-electron chi connectivity index (χ2n) is 12.5. The molecule has 2 aliphatic heterocycles. The van der Waals surface area contributed by atoms with Crippen molar-refractivity contribution in [3.63, 3.8) is 0 Å². The van der Waals surface area contributed by atoms with Gasteiger partial charge in [-0.25, -0.2) is 13.1 Å². The number of hydrogen-bond donors (Lipinski definition) is 1. The third-order valence-corrected chi connectivity index (χ3v) is 10.5. The molecule has 6 rings (SSSR count). The Balaban J connectivity index is 1.38. The molecule has 1 aliphatic carbocycles. The summed E-state index contributed by atoms with van der Waals surface area (Å²) in [6.45, 7) is 8.89. The van der Waals surface area contributed by atoms with Gasteiger partial charge in [0.15, 0.2) is 9.84 Å². The van der Waals surface area contributed by atoms with E-state index in [0.29, 0.717) is 30.0 Å². The molecular weight excluding hydrogens is 555 g/mol. The molecule has 4 heterocycles. The molecular formula is C30H37N5O4SSi. The van der Waals surface area contributed by atoms with E-state index in [1.54, 1.807) is 17.8 Å². The number of hydrogen-bond acceptors (Lipinski definition) is 7. The van der Waals surface area contributed by atoms with Crippen LogP contribution >= 0.6 is 0 Å². The minimum Gasteiger partial charge on any atom is -0.384 e. The smallest absolute Gasteiger partial charge is 0.260 e. The summed E-state index contributed by atoms with van der Waals surface area (Å²) in [6, 6.07) is 9.31. The second kappa shape index (κ2) is 10.1. The first-order chi connectivity index (χ1) is 19.4. The number of benzene rings is 1. The van der Waals surface area contributed by atoms with E-state index in [4.69, 9.17) is 4.74 Å². The molecule has 0 fully saturated rings. The van der Waals surface area contributed by atoms with Crippen LogP contribution in [0.2, 0.25) is 25.7 Å². The van der Waals surface area contributed by atoms with Crippen molar-refractivity contribution in [1.29, 1.82) is 0 Å². The number of pyridine rings is 1. The quantitative estimate of drug-likeness (QED) is 0.313. The van der Waals surface area contributed by atoms with Gasteiger partial charge in [0.1, 0.15) is 6.73 Å². The number of aryl methyl sites for hydroxylation is 1. The molecule has 0 radical (unpaired) electrons. The van der Waals surface area contributed by atoms with Crippen molar-refractivity contribution in [3.8, 4) is 0 Å². The zero-order valence-electron chi connectivity index (χ0n) is 24.3. The first-order valence-electron chi connectivity index (χ1n) is 14.0. The van der Waals surface area contributed by atoms with Gasteiger partial charge in [0.05, 0.1) is 34.8 Å². The van der Waals surface area contributed by atoms with E-state index in [-0.39, 0.29) is 17.4 Å². The van der Waals surface area contributed by atoms with Gasteiger partial charge >= 0.3 is 0 Å². The van der Waals surface area contributed by atoms with Crippen molar-refractivity contribution in [2.75, 3.05) is 30.1 Å². The Morgan fingerprint density at radius 1 is 1.20 bits per heavy atom. The summed E-state index contributed by atoms with van der Waals surface area (Å²) in [5.41, 5.74) is 6.52. The molecule has 1 N–H and O–H groups in total. The van der Waals surface area contributed by atoms with E-state index in [0.717, 1.165) is 52.5 Å². The highest BCUT2D eigenvalue weighted by atomic mass is 32.2. The largest absolute Gasteiger partial charge is 0.384 e. The summed E-state index contributed by atoms with van der Waals surface area (Å²) in [7, 11) is -2.76. The third kappa shape index (κ3) is 5.33. The van der Waals surface area contributed by atoms with Gasteiger partial charge in [-0.2, -0.15) is 5.10 Å². The standard InChI is InChI=1S/C30H37N5O4SSi/c1-33-11-9-24-22(18-40(2,37)38)14-21-17-34(26-8-10-31-29(27(21)26)28(24)30(33)36)23-6-7-25-20(15-23)16-32-35(25)19-39-12-13-41(3,4)5/h6-7,9,11,14-17,26,31H,8,10,12-13,18-19H2,1-5H3. The minimum absolute atomic E-state index is 0.0187. The van der Waals surface area contributed by atoms with Crippen molar-refractivity contribution in [1.82, 2.24) is 19.7 Å². The normalized spacial score (nSPS) is 18.6. The molecule has 0 bridgehead atoms. The lowest BCUT2D eigenvalue weighted by Crippen LogP contribution is -2.38. The highest BCUT2D eigenvalue weighted by molar-refractivity contribution is 7.91. The zero-order valence-corrected chi connectivity index (χ0v) is 26.1. The number of rotatable bonds is 8. The summed E-state index contributed by atoms with van der Waals surface area (Å²) in [4.78, 5) is 15.7. The first kappa shape index (κ1) is 27.7. The molecule has 0 amide bonds. The lowest BCUT2D eigenvalue weighted by atomic mass is 9.92. The Labute approximate surface area is 241 Å². The van der Waals surface area contributed by atoms with Gasteiger partial charge in [-0.1, -0.05) is 19.6 Å². The molecule has 1 unspecified atom stereocenters. The maximum absolute atomic E-state index is 13.5. The van der Waals surface area contributed by atoms with E-state index >= 15 is 0 Å². The fourth-order valence-electron chi connectivity index (χ4n) is 5.93. The number of aromatic nitrogens is 3. The van der Waals surface area contributed by atoms with E-state index in [1.165, 1.54) is 6.26 Å². The van der Waals surface area contributed by atoms with Crippen LogP contribution in [-0.2, 0) is 28.4 Å². The fraction of sp³-hybridized carbons (Fsp3) is 0.400. The Morgan fingerprint density at radius 3 is 2.76 bits per heavy atom. The molecule has 0 saturated carbocycles. The van der Waals surface area contributed by atoms with E-state index < -0.39 is 17.9 Å². The molecule has 1 aromatic carbocycles. The predicted molar refractivity (Wildman–Crippen MR) is 167 cm³/mol. The molecule has 0 spiro atoms. The average Bonchev–Trinajstić information content (AvgIpc) is 3.44. The molecule has 3 aliphatic rings. The molecule has 3 aromatic rings. The molecule has 216 valence electrons. The second-order valence-corrected chi connectivity index (χ2v) is 20.3. The van der Waals surface area contributed by atoms with Crippen LogP contribution in [0.5, 0.6) is 0 Å². The monoisotopic (exact) mass is 591 g/mol. The number of allylic oxidation sites excluding steroid dienone is 1. The number of sulfone groups is 1. The number of nitrogens with one attached hydrogen (secondary N) is 1. The van der Waals surface area contributed by atoms with Gasteiger partial charge in [0.2, 0.25) is 0 Å². The van der Waals surface area contributed by atoms with Crippen LogP contribution in [0.15, 0.2) is 64.9 Å². The SMILES string of the molecule is Cn1ccc2c(c1=O)C1=C3C(=CN(c4ccc5c(cnn5COCC[Si](C)(C)C)c4)C3CCN1)C=C2CS(C)(=O)=O. The maximum Gasteiger partial charge on any atom is 0.260 e. The van der Waals surface area contributed by atoms with Crippen LogP contribution in [0.4, 0.5) is 5.69 Å². The Kier molecular flexibility index (Phi) is 6.86. The van der Waals surface area contributed by atoms with Gasteiger partial charge < -0.3 is 19.5 Å². The summed E-state index contributed by atoms with van der Waals surface area (Å²) < 4.78 is 34.3. The number of ether oxygens (including phenoxy) is 1. The molecule has 0 saturated heterocycles. The van der Waals surface area contributed by atoms with Crippen LogP contribution in [0, 0.1) is 0 Å². The van der Waals surface area contributed by atoms with Crippen LogP contribution in [0.25, 0.3) is 22.2 Å². The molecule has 11 heteroatoms. The molecule has 9 nitrogen and oxygen atoms in total. The third-order valence-electron chi connectivity index (χ3n) is 7.99. The lowest BCUT2D eigenvalue weighted by Gasteiger charge is -2.32. The predicted octanol–water partition coefficient (Wildman–Crippen LogP) is 3.97. The molecule has 41 heavy (non-hydrogen) atoms. The van der Waals surface area contributed by atoms with Crippen LogP contribution < -0.4 is 15.8 Å². The Bertz CT molecular complexity index is 1810. The molecule has 1 atom stereocenters. The van der Waals surface area contributed by atoms with Gasteiger partial charge in [0.25, 0.3) is 5.56 Å². The lowest BCUT2D eigenvalue weighted by molar-refractivity contribution is 0.0817. The van der Waals surface area contributed by atoms with Gasteiger partial charge in [-0.3, -0.25) is 4.79 Å². The fourth-order valence-corrected chi connectivity index (χ4v) is 7.49. The van der Waals surface area contributed by atoms with Crippen molar-refractivity contribution >= 4 is 45.8 Å². The van der Waals surface area contributed by atoms with Crippen molar-refractivity contribution in [2.45, 2.75) is 44.9 Å². The summed E-state index contributed by atoms with van der Waals surface area (Å²) in [5.74, 6) is -0.138. The summed E-state index contributed by atoms with van der Waals surface area (Å²) >= 11 is 0. The van der Waals surface area contributed by atoms with Crippen LogP contribution in [0.3, 0.4) is 0 Å². The summed E-state index contributed by atoms with van der Waals surface area (Å²) in [5, 5.41) is 9.10. The van der Waals surface area contributed by atoms with Gasteiger partial charge in [-0.05, 0) is 59.5 Å². The topological polar surface area (TPSA) is 98.5 Å². The van der Waals surface area contributed by atoms with Crippen molar-refractivity contribution in [3.05, 3.63) is 81.6 Å². The number of anilines is 1. The van der Waals surface area contributed by atoms with Crippen molar-refractivity contribution < 1.29 is 13.2 Å². The van der Waals surface area contributed by atoms with E-state index in [2.05, 4.69) is 59.4 Å². The Morgan fingerprint density at radius 2 is 2.00 bits per heavy atom. The van der Waals surface area contributed by atoms with Gasteiger partial charge in [0, 0.05) is 63.6 Å². The first-order valence-corrected chi connectivity index (χ1v) is 19.8. The van der Waals surface area contributed by atoms with E-state index in [1.807, 2.05) is 23.0 Å². The highest BCUT2D eigenvalue weighted by Gasteiger charge is 2.38.